The summed E-state index contributed by atoms with van der Waals surface area (Å²) in [6, 6.07) is 5.49. The smallest absolute Gasteiger partial charge is 0.148 e. The third kappa shape index (κ3) is 3.00. The van der Waals surface area contributed by atoms with Crippen LogP contribution in [0.1, 0.15) is 11.1 Å². The first-order valence-corrected chi connectivity index (χ1v) is 6.06. The molecule has 0 aliphatic heterocycles. The molecule has 0 atom stereocenters. The second-order valence-electron chi connectivity index (χ2n) is 4.12. The van der Waals surface area contributed by atoms with Gasteiger partial charge in [-0.2, -0.15) is 0 Å². The minimum Gasteiger partial charge on any atom is -0.384 e. The Morgan fingerprint density at radius 1 is 1.32 bits per heavy atom. The van der Waals surface area contributed by atoms with Crippen LogP contribution in [0, 0.1) is 5.41 Å². The van der Waals surface area contributed by atoms with Crippen LogP contribution in [0.25, 0.3) is 0 Å². The predicted octanol–water partition coefficient (Wildman–Crippen LogP) is 2.05. The molecule has 2 aromatic heterocycles. The number of aromatic nitrogens is 2. The van der Waals surface area contributed by atoms with Crippen LogP contribution in [0.4, 0.5) is 5.82 Å². The van der Waals surface area contributed by atoms with E-state index in [1.807, 2.05) is 24.1 Å². The number of pyridine rings is 2. The average molecular weight is 276 g/mol. The summed E-state index contributed by atoms with van der Waals surface area (Å²) in [5, 5.41) is 7.87. The fourth-order valence-electron chi connectivity index (χ4n) is 1.74. The number of nitrogens with one attached hydrogen (secondary N) is 1. The van der Waals surface area contributed by atoms with Crippen molar-refractivity contribution in [3.05, 3.63) is 52.9 Å². The number of nitrogen functional groups attached to an aromatic ring is 1. The Labute approximate surface area is 116 Å². The maximum absolute atomic E-state index is 7.47. The molecule has 0 aliphatic rings. The van der Waals surface area contributed by atoms with E-state index in [4.69, 9.17) is 22.7 Å². The molecule has 2 aromatic rings. The number of anilines is 1. The van der Waals surface area contributed by atoms with Gasteiger partial charge < -0.3 is 10.6 Å². The number of halogens is 1. The van der Waals surface area contributed by atoms with Crippen LogP contribution in [-0.4, -0.2) is 22.9 Å². The number of hydrogen-bond acceptors (Lipinski definition) is 4. The highest BCUT2D eigenvalue weighted by Gasteiger charge is 2.13. The quantitative estimate of drug-likeness (QED) is 0.661. The van der Waals surface area contributed by atoms with E-state index in [1.54, 1.807) is 24.7 Å². The summed E-state index contributed by atoms with van der Waals surface area (Å²) < 4.78 is 0. The van der Waals surface area contributed by atoms with Crippen molar-refractivity contribution in [2.24, 2.45) is 5.73 Å². The number of hydrogen-bond donors (Lipinski definition) is 2. The van der Waals surface area contributed by atoms with E-state index in [0.29, 0.717) is 22.9 Å². The highest BCUT2D eigenvalue weighted by atomic mass is 35.5. The molecule has 0 bridgehead atoms. The first-order valence-electron chi connectivity index (χ1n) is 5.68. The lowest BCUT2D eigenvalue weighted by Gasteiger charge is -2.20. The standard InChI is InChI=1S/C13H14ClN5/c1-19(8-9-2-5-17-6-3-9)13-11(14)10(12(15)16)4-7-18-13/h2-7H,8H2,1H3,(H3,15,16). The highest BCUT2D eigenvalue weighted by Crippen LogP contribution is 2.26. The van der Waals surface area contributed by atoms with Gasteiger partial charge in [0.1, 0.15) is 11.7 Å². The first-order chi connectivity index (χ1) is 9.09. The second kappa shape index (κ2) is 5.67. The molecule has 98 valence electrons. The molecule has 6 heteroatoms. The van der Waals surface area contributed by atoms with Gasteiger partial charge in [0.25, 0.3) is 0 Å². The molecule has 0 amide bonds. The summed E-state index contributed by atoms with van der Waals surface area (Å²) in [5.41, 5.74) is 7.07. The zero-order chi connectivity index (χ0) is 13.8. The van der Waals surface area contributed by atoms with Crippen molar-refractivity contribution in [2.75, 3.05) is 11.9 Å². The van der Waals surface area contributed by atoms with Crippen LogP contribution in [0.5, 0.6) is 0 Å². The molecule has 5 nitrogen and oxygen atoms in total. The molecule has 0 unspecified atom stereocenters. The Kier molecular flexibility index (Phi) is 3.97. The Hall–Kier alpha value is -2.14. The Bertz CT molecular complexity index is 585. The Morgan fingerprint density at radius 2 is 2.00 bits per heavy atom. The molecule has 2 heterocycles. The number of nitrogens with two attached hydrogens (primary N) is 1. The first kappa shape index (κ1) is 13.3. The molecule has 3 N–H and O–H groups in total. The van der Waals surface area contributed by atoms with E-state index in [9.17, 15) is 0 Å². The van der Waals surface area contributed by atoms with Gasteiger partial charge in [-0.15, -0.1) is 0 Å². The van der Waals surface area contributed by atoms with E-state index in [0.717, 1.165) is 5.56 Å². The van der Waals surface area contributed by atoms with Crippen molar-refractivity contribution < 1.29 is 0 Å². The Balaban J connectivity index is 2.27. The third-order valence-corrected chi connectivity index (χ3v) is 3.06. The summed E-state index contributed by atoms with van der Waals surface area (Å²) in [4.78, 5) is 10.1. The van der Waals surface area contributed by atoms with Gasteiger partial charge in [-0.3, -0.25) is 10.4 Å². The lowest BCUT2D eigenvalue weighted by molar-refractivity contribution is 0.895. The zero-order valence-corrected chi connectivity index (χ0v) is 11.2. The minimum atomic E-state index is -0.0639. The largest absolute Gasteiger partial charge is 0.384 e. The highest BCUT2D eigenvalue weighted by molar-refractivity contribution is 6.36. The van der Waals surface area contributed by atoms with E-state index in [-0.39, 0.29) is 5.84 Å². The zero-order valence-electron chi connectivity index (χ0n) is 10.5. The van der Waals surface area contributed by atoms with Crippen molar-refractivity contribution in [3.63, 3.8) is 0 Å². The van der Waals surface area contributed by atoms with E-state index < -0.39 is 0 Å². The summed E-state index contributed by atoms with van der Waals surface area (Å²) in [6.07, 6.45) is 5.08. The molecule has 0 saturated carbocycles. The lowest BCUT2D eigenvalue weighted by Crippen LogP contribution is -2.20. The normalized spacial score (nSPS) is 10.2. The van der Waals surface area contributed by atoms with Crippen LogP contribution >= 0.6 is 11.6 Å². The van der Waals surface area contributed by atoms with Gasteiger partial charge in [0.2, 0.25) is 0 Å². The summed E-state index contributed by atoms with van der Waals surface area (Å²) in [5.74, 6) is 0.539. The monoisotopic (exact) mass is 275 g/mol. The topological polar surface area (TPSA) is 78.9 Å². The van der Waals surface area contributed by atoms with Gasteiger partial charge in [0.05, 0.1) is 5.02 Å². The van der Waals surface area contributed by atoms with Crippen LogP contribution in [-0.2, 0) is 6.54 Å². The predicted molar refractivity (Wildman–Crippen MR) is 76.6 cm³/mol. The SMILES string of the molecule is CN(Cc1ccncc1)c1nccc(C(=N)N)c1Cl. The van der Waals surface area contributed by atoms with Crippen molar-refractivity contribution in [2.45, 2.75) is 6.54 Å². The molecule has 0 aromatic carbocycles. The molecular formula is C13H14ClN5. The molecule has 0 aliphatic carbocycles. The maximum Gasteiger partial charge on any atom is 0.148 e. The Morgan fingerprint density at radius 3 is 2.63 bits per heavy atom. The summed E-state index contributed by atoms with van der Waals surface area (Å²) >= 11 is 6.23. The lowest BCUT2D eigenvalue weighted by atomic mass is 10.2. The van der Waals surface area contributed by atoms with E-state index in [1.165, 1.54) is 0 Å². The summed E-state index contributed by atoms with van der Waals surface area (Å²) in [6.45, 7) is 0.649. The number of rotatable bonds is 4. The molecule has 0 fully saturated rings. The van der Waals surface area contributed by atoms with Crippen LogP contribution < -0.4 is 10.6 Å². The molecule has 0 spiro atoms. The van der Waals surface area contributed by atoms with Gasteiger partial charge in [0.15, 0.2) is 0 Å². The molecule has 0 radical (unpaired) electrons. The van der Waals surface area contributed by atoms with Gasteiger partial charge in [0, 0.05) is 37.7 Å². The third-order valence-electron chi connectivity index (χ3n) is 2.69. The molecular weight excluding hydrogens is 262 g/mol. The van der Waals surface area contributed by atoms with E-state index in [2.05, 4.69) is 9.97 Å². The van der Waals surface area contributed by atoms with Crippen LogP contribution in [0.3, 0.4) is 0 Å². The van der Waals surface area contributed by atoms with Gasteiger partial charge >= 0.3 is 0 Å². The second-order valence-corrected chi connectivity index (χ2v) is 4.50. The molecule has 19 heavy (non-hydrogen) atoms. The fourth-order valence-corrected chi connectivity index (χ4v) is 2.10. The summed E-state index contributed by atoms with van der Waals surface area (Å²) in [7, 11) is 1.89. The van der Waals surface area contributed by atoms with Crippen LogP contribution in [0.2, 0.25) is 5.02 Å². The van der Waals surface area contributed by atoms with Gasteiger partial charge in [-0.05, 0) is 23.8 Å². The average Bonchev–Trinajstić information content (AvgIpc) is 2.39. The van der Waals surface area contributed by atoms with Crippen molar-refractivity contribution in [1.82, 2.24) is 9.97 Å². The minimum absolute atomic E-state index is 0.0639. The molecule has 0 saturated heterocycles. The number of nitrogens with zero attached hydrogens (tertiary/aromatic N) is 3. The van der Waals surface area contributed by atoms with Crippen molar-refractivity contribution in [3.8, 4) is 0 Å². The van der Waals surface area contributed by atoms with Crippen LogP contribution in [0.15, 0.2) is 36.8 Å². The number of amidine groups is 1. The maximum atomic E-state index is 7.47. The van der Waals surface area contributed by atoms with Crippen molar-refractivity contribution >= 4 is 23.3 Å². The molecule has 2 rings (SSSR count). The van der Waals surface area contributed by atoms with Gasteiger partial charge in [-0.25, -0.2) is 4.98 Å². The van der Waals surface area contributed by atoms with E-state index >= 15 is 0 Å². The van der Waals surface area contributed by atoms with Crippen molar-refractivity contribution in [1.29, 1.82) is 5.41 Å². The van der Waals surface area contributed by atoms with Gasteiger partial charge in [-0.1, -0.05) is 11.6 Å². The fraction of sp³-hybridized carbons (Fsp3) is 0.154.